The van der Waals surface area contributed by atoms with E-state index in [0.29, 0.717) is 0 Å². The van der Waals surface area contributed by atoms with Crippen LogP contribution in [0.5, 0.6) is 0 Å². The van der Waals surface area contributed by atoms with Crippen LogP contribution in [0.4, 0.5) is 10.3 Å². The minimum atomic E-state index is -0.861. The van der Waals surface area contributed by atoms with Gasteiger partial charge in [-0.1, -0.05) is 0 Å². The molecule has 0 bridgehead atoms. The van der Waals surface area contributed by atoms with Crippen molar-refractivity contribution in [1.29, 1.82) is 5.26 Å². The van der Waals surface area contributed by atoms with Crippen molar-refractivity contribution in [3.63, 3.8) is 0 Å². The molecule has 0 aliphatic carbocycles. The molecule has 0 aliphatic rings. The van der Waals surface area contributed by atoms with Crippen LogP contribution < -0.4 is 5.43 Å². The zero-order valence-electron chi connectivity index (χ0n) is 10.8. The smallest absolute Gasteiger partial charge is 0.400 e. The number of furan rings is 1. The number of nitro groups is 1. The molecule has 0 spiro atoms. The Hall–Kier alpha value is -3.54. The van der Waals surface area contributed by atoms with E-state index in [1.54, 1.807) is 6.07 Å². The van der Waals surface area contributed by atoms with Crippen molar-refractivity contribution in [2.45, 2.75) is 0 Å². The molecule has 0 saturated carbocycles. The van der Waals surface area contributed by atoms with Crippen molar-refractivity contribution in [2.75, 3.05) is 0 Å². The molecule has 1 amide bonds. The summed E-state index contributed by atoms with van der Waals surface area (Å²) in [5.74, 6) is -2.11. The summed E-state index contributed by atoms with van der Waals surface area (Å²) in [6, 6.07) is 7.52. The van der Waals surface area contributed by atoms with E-state index >= 15 is 0 Å². The summed E-state index contributed by atoms with van der Waals surface area (Å²) >= 11 is 0. The Morgan fingerprint density at radius 2 is 2.23 bits per heavy atom. The van der Waals surface area contributed by atoms with Gasteiger partial charge >= 0.3 is 5.88 Å². The summed E-state index contributed by atoms with van der Waals surface area (Å²) in [5, 5.41) is 22.5. The van der Waals surface area contributed by atoms with Gasteiger partial charge in [0.15, 0.2) is 5.76 Å². The van der Waals surface area contributed by atoms with Crippen LogP contribution in [0.2, 0.25) is 0 Å². The van der Waals surface area contributed by atoms with Crippen molar-refractivity contribution >= 4 is 18.0 Å². The lowest BCUT2D eigenvalue weighted by Gasteiger charge is -2.01. The molecule has 0 unspecified atom stereocenters. The second kappa shape index (κ2) is 6.27. The quantitative estimate of drug-likeness (QED) is 0.525. The molecule has 1 aromatic carbocycles. The highest BCUT2D eigenvalue weighted by Crippen LogP contribution is 2.14. The Bertz CT molecular complexity index is 807. The maximum Gasteiger partial charge on any atom is 0.433 e. The summed E-state index contributed by atoms with van der Waals surface area (Å²) in [4.78, 5) is 21.4. The zero-order valence-corrected chi connectivity index (χ0v) is 10.8. The van der Waals surface area contributed by atoms with Crippen molar-refractivity contribution in [1.82, 2.24) is 5.43 Å². The van der Waals surface area contributed by atoms with E-state index in [0.717, 1.165) is 24.4 Å². The van der Waals surface area contributed by atoms with Gasteiger partial charge in [-0.3, -0.25) is 14.9 Å². The van der Waals surface area contributed by atoms with E-state index in [2.05, 4.69) is 5.10 Å². The van der Waals surface area contributed by atoms with Gasteiger partial charge in [-0.2, -0.15) is 10.4 Å². The van der Waals surface area contributed by atoms with Gasteiger partial charge in [0.25, 0.3) is 5.91 Å². The highest BCUT2D eigenvalue weighted by molar-refractivity contribution is 5.95. The average Bonchev–Trinajstić information content (AvgIpc) is 2.96. The minimum absolute atomic E-state index is 0.0484. The lowest BCUT2D eigenvalue weighted by atomic mass is 10.1. The second-order valence-corrected chi connectivity index (χ2v) is 3.94. The molecule has 0 atom stereocenters. The molecule has 8 nitrogen and oxygen atoms in total. The number of hydrazone groups is 1. The van der Waals surface area contributed by atoms with Gasteiger partial charge in [0.05, 0.1) is 29.5 Å². The largest absolute Gasteiger partial charge is 0.433 e. The molecule has 0 saturated heterocycles. The van der Waals surface area contributed by atoms with Gasteiger partial charge < -0.3 is 4.42 Å². The Morgan fingerprint density at radius 3 is 2.82 bits per heavy atom. The molecule has 9 heteroatoms. The second-order valence-electron chi connectivity index (χ2n) is 3.94. The van der Waals surface area contributed by atoms with Crippen LogP contribution in [-0.2, 0) is 0 Å². The molecule has 1 N–H and O–H groups in total. The van der Waals surface area contributed by atoms with Crippen molar-refractivity contribution in [3.05, 3.63) is 63.2 Å². The third kappa shape index (κ3) is 3.31. The molecule has 22 heavy (non-hydrogen) atoms. The molecule has 0 radical (unpaired) electrons. The molecule has 1 heterocycles. The summed E-state index contributed by atoms with van der Waals surface area (Å²) in [6.07, 6.45) is 1.03. The fourth-order valence-corrected chi connectivity index (χ4v) is 1.49. The molecule has 110 valence electrons. The molecule has 1 aromatic heterocycles. The van der Waals surface area contributed by atoms with E-state index in [1.165, 1.54) is 12.1 Å². The Kier molecular flexibility index (Phi) is 4.24. The normalized spacial score (nSPS) is 10.4. The zero-order chi connectivity index (χ0) is 16.1. The van der Waals surface area contributed by atoms with Crippen LogP contribution in [-0.4, -0.2) is 17.0 Å². The molecular weight excluding hydrogens is 295 g/mol. The molecule has 2 aromatic rings. The summed E-state index contributed by atoms with van der Waals surface area (Å²) in [5.41, 5.74) is 1.84. The predicted octanol–water partition coefficient (Wildman–Crippen LogP) is 1.96. The van der Waals surface area contributed by atoms with E-state index in [-0.39, 0.29) is 16.9 Å². The first-order valence-corrected chi connectivity index (χ1v) is 5.78. The maximum absolute atomic E-state index is 13.6. The number of benzene rings is 1. The summed E-state index contributed by atoms with van der Waals surface area (Å²) in [6.45, 7) is 0. The number of hydrogen-bond acceptors (Lipinski definition) is 6. The fraction of sp³-hybridized carbons (Fsp3) is 0. The number of amides is 1. The standard InChI is InChI=1S/C13H7FN4O4/c14-11-5-8(6-15)1-3-10(11)13(19)17-16-7-9-2-4-12(22-9)18(20)21/h1-5,7H,(H,17,19). The van der Waals surface area contributed by atoms with Crippen molar-refractivity contribution < 1.29 is 18.5 Å². The molecule has 0 aliphatic heterocycles. The summed E-state index contributed by atoms with van der Waals surface area (Å²) < 4.78 is 18.3. The minimum Gasteiger partial charge on any atom is -0.400 e. The van der Waals surface area contributed by atoms with Gasteiger partial charge in [-0.15, -0.1) is 0 Å². The lowest BCUT2D eigenvalue weighted by molar-refractivity contribution is -0.402. The number of nitriles is 1. The molecule has 0 fully saturated rings. The first-order valence-electron chi connectivity index (χ1n) is 5.78. The number of rotatable bonds is 4. The van der Waals surface area contributed by atoms with Crippen LogP contribution in [0.15, 0.2) is 39.9 Å². The van der Waals surface area contributed by atoms with Crippen LogP contribution in [0, 0.1) is 27.3 Å². The number of nitrogens with one attached hydrogen (secondary N) is 1. The van der Waals surface area contributed by atoms with Gasteiger partial charge in [0.1, 0.15) is 10.7 Å². The van der Waals surface area contributed by atoms with Gasteiger partial charge in [0, 0.05) is 0 Å². The van der Waals surface area contributed by atoms with Crippen LogP contribution in [0.3, 0.4) is 0 Å². The topological polar surface area (TPSA) is 122 Å². The van der Waals surface area contributed by atoms with Crippen molar-refractivity contribution in [2.24, 2.45) is 5.10 Å². The Morgan fingerprint density at radius 1 is 1.45 bits per heavy atom. The monoisotopic (exact) mass is 302 g/mol. The Labute approximate surface area is 122 Å². The van der Waals surface area contributed by atoms with E-state index in [1.807, 2.05) is 5.43 Å². The predicted molar refractivity (Wildman–Crippen MR) is 71.5 cm³/mol. The third-order valence-electron chi connectivity index (χ3n) is 2.49. The summed E-state index contributed by atoms with van der Waals surface area (Å²) in [7, 11) is 0. The van der Waals surface area contributed by atoms with E-state index < -0.39 is 22.5 Å². The molecule has 2 rings (SSSR count). The number of nitrogens with zero attached hydrogens (tertiary/aromatic N) is 3. The number of carbonyl (C=O) groups excluding carboxylic acids is 1. The number of hydrogen-bond donors (Lipinski definition) is 1. The first kappa shape index (κ1) is 14.9. The van der Waals surface area contributed by atoms with Crippen LogP contribution >= 0.6 is 0 Å². The van der Waals surface area contributed by atoms with E-state index in [9.17, 15) is 19.3 Å². The van der Waals surface area contributed by atoms with E-state index in [4.69, 9.17) is 9.68 Å². The first-order chi connectivity index (χ1) is 10.5. The Balaban J connectivity index is 2.04. The van der Waals surface area contributed by atoms with Gasteiger partial charge in [0.2, 0.25) is 0 Å². The van der Waals surface area contributed by atoms with Gasteiger partial charge in [-0.25, -0.2) is 9.82 Å². The highest BCUT2D eigenvalue weighted by Gasteiger charge is 2.12. The fourth-order valence-electron chi connectivity index (χ4n) is 1.49. The van der Waals surface area contributed by atoms with Crippen LogP contribution in [0.25, 0.3) is 0 Å². The highest BCUT2D eigenvalue weighted by atomic mass is 19.1. The maximum atomic E-state index is 13.6. The van der Waals surface area contributed by atoms with Crippen LogP contribution in [0.1, 0.15) is 21.7 Å². The van der Waals surface area contributed by atoms with Gasteiger partial charge in [-0.05, 0) is 24.3 Å². The number of carbonyl (C=O) groups is 1. The van der Waals surface area contributed by atoms with Crippen molar-refractivity contribution in [3.8, 4) is 6.07 Å². The SMILES string of the molecule is N#Cc1ccc(C(=O)NN=Cc2ccc([N+](=O)[O-])o2)c(F)c1. The molecular formula is C13H7FN4O4. The third-order valence-corrected chi connectivity index (χ3v) is 2.49. The average molecular weight is 302 g/mol. The number of halogens is 1. The lowest BCUT2D eigenvalue weighted by Crippen LogP contribution is -2.19.